The van der Waals surface area contributed by atoms with Gasteiger partial charge < -0.3 is 10.1 Å². The minimum atomic E-state index is 0.731. The van der Waals surface area contributed by atoms with Crippen LogP contribution in [0.3, 0.4) is 0 Å². The first-order valence-corrected chi connectivity index (χ1v) is 4.87. The van der Waals surface area contributed by atoms with Gasteiger partial charge in [0.05, 0.1) is 12.8 Å². The van der Waals surface area contributed by atoms with E-state index in [9.17, 15) is 0 Å². The molecule has 13 heavy (non-hydrogen) atoms. The van der Waals surface area contributed by atoms with Gasteiger partial charge in [0.1, 0.15) is 5.76 Å². The van der Waals surface area contributed by atoms with Gasteiger partial charge in [-0.25, -0.2) is 0 Å². The molecule has 1 rings (SSSR count). The first-order chi connectivity index (χ1) is 6.38. The summed E-state index contributed by atoms with van der Waals surface area (Å²) >= 11 is 0. The Hall–Kier alpha value is -1.05. The predicted molar refractivity (Wildman–Crippen MR) is 57.2 cm³/mol. The van der Waals surface area contributed by atoms with Gasteiger partial charge in [-0.05, 0) is 25.3 Å². The molecule has 0 saturated heterocycles. The molecule has 1 heterocycles. The molecule has 0 unspecified atom stereocenters. The maximum Gasteiger partial charge on any atom is 0.139 e. The highest BCUT2D eigenvalue weighted by molar-refractivity contribution is 5.75. The van der Waals surface area contributed by atoms with Crippen molar-refractivity contribution in [3.63, 3.8) is 0 Å². The second-order valence-corrected chi connectivity index (χ2v) is 2.49. The van der Waals surface area contributed by atoms with Crippen LogP contribution in [0.15, 0.2) is 23.5 Å². The van der Waals surface area contributed by atoms with E-state index in [-0.39, 0.29) is 0 Å². The summed E-state index contributed by atoms with van der Waals surface area (Å²) in [6.45, 7) is 6.73. The Labute approximate surface area is 80.8 Å². The van der Waals surface area contributed by atoms with E-state index >= 15 is 0 Å². The van der Waals surface area contributed by atoms with Crippen LogP contribution in [-0.4, -0.2) is 12.8 Å². The standard InChI is InChI=1S/C9H13NO.C2H6/c1-2-4-8-5-3-6-11-9(8)7-10;1-2/h2,4,7,10H,3,5-6H2,1H3;1-2H3/b4-2-,10-7?;. The molecule has 0 bridgehead atoms. The van der Waals surface area contributed by atoms with Gasteiger partial charge in [-0.3, -0.25) is 0 Å². The molecule has 1 aliphatic heterocycles. The largest absolute Gasteiger partial charge is 0.492 e. The average molecular weight is 181 g/mol. The molecule has 0 saturated carbocycles. The number of ether oxygens (including phenoxy) is 1. The highest BCUT2D eigenvalue weighted by Gasteiger charge is 2.08. The molecule has 0 aromatic carbocycles. The van der Waals surface area contributed by atoms with Crippen LogP contribution in [0.25, 0.3) is 0 Å². The number of hydrogen-bond donors (Lipinski definition) is 1. The zero-order valence-corrected chi connectivity index (χ0v) is 8.76. The smallest absolute Gasteiger partial charge is 0.139 e. The van der Waals surface area contributed by atoms with Gasteiger partial charge in [0, 0.05) is 0 Å². The highest BCUT2D eigenvalue weighted by atomic mass is 16.5. The summed E-state index contributed by atoms with van der Waals surface area (Å²) < 4.78 is 5.28. The summed E-state index contributed by atoms with van der Waals surface area (Å²) in [6.07, 6.45) is 7.38. The van der Waals surface area contributed by atoms with Gasteiger partial charge in [0.15, 0.2) is 0 Å². The van der Waals surface area contributed by atoms with E-state index in [0.717, 1.165) is 30.8 Å². The molecule has 0 spiro atoms. The van der Waals surface area contributed by atoms with Gasteiger partial charge in [-0.1, -0.05) is 26.0 Å². The van der Waals surface area contributed by atoms with Crippen LogP contribution in [0.1, 0.15) is 33.6 Å². The maximum absolute atomic E-state index is 7.06. The minimum Gasteiger partial charge on any atom is -0.492 e. The van der Waals surface area contributed by atoms with Crippen molar-refractivity contribution in [2.24, 2.45) is 0 Å². The molecule has 0 amide bonds. The van der Waals surface area contributed by atoms with Crippen molar-refractivity contribution in [3.8, 4) is 0 Å². The van der Waals surface area contributed by atoms with Crippen molar-refractivity contribution in [2.75, 3.05) is 6.61 Å². The third kappa shape index (κ3) is 3.92. The lowest BCUT2D eigenvalue weighted by atomic mass is 10.1. The van der Waals surface area contributed by atoms with E-state index in [4.69, 9.17) is 10.1 Å². The Morgan fingerprint density at radius 2 is 2.08 bits per heavy atom. The summed E-state index contributed by atoms with van der Waals surface area (Å²) in [7, 11) is 0. The molecular formula is C11H19NO. The highest BCUT2D eigenvalue weighted by Crippen LogP contribution is 2.18. The summed E-state index contributed by atoms with van der Waals surface area (Å²) in [5, 5.41) is 7.06. The first kappa shape index (κ1) is 11.9. The third-order valence-electron chi connectivity index (χ3n) is 1.66. The minimum absolute atomic E-state index is 0.731. The maximum atomic E-state index is 7.06. The first-order valence-electron chi connectivity index (χ1n) is 4.87. The van der Waals surface area contributed by atoms with Gasteiger partial charge in [0.2, 0.25) is 0 Å². The third-order valence-corrected chi connectivity index (χ3v) is 1.66. The summed E-state index contributed by atoms with van der Waals surface area (Å²) in [5.41, 5.74) is 1.15. The normalized spacial score (nSPS) is 16.2. The van der Waals surface area contributed by atoms with Crippen molar-refractivity contribution in [2.45, 2.75) is 33.6 Å². The Balaban J connectivity index is 0.000000671. The molecule has 0 aliphatic carbocycles. The van der Waals surface area contributed by atoms with Crippen molar-refractivity contribution >= 4 is 6.21 Å². The average Bonchev–Trinajstić information content (AvgIpc) is 2.22. The fourth-order valence-electron chi connectivity index (χ4n) is 1.16. The molecule has 74 valence electrons. The zero-order valence-electron chi connectivity index (χ0n) is 8.76. The van der Waals surface area contributed by atoms with Crippen molar-refractivity contribution < 1.29 is 4.74 Å². The zero-order chi connectivity index (χ0) is 10.1. The van der Waals surface area contributed by atoms with E-state index in [1.54, 1.807) is 0 Å². The summed E-state index contributed by atoms with van der Waals surface area (Å²) in [5.74, 6) is 0.731. The van der Waals surface area contributed by atoms with E-state index < -0.39 is 0 Å². The molecular weight excluding hydrogens is 162 g/mol. The number of allylic oxidation sites excluding steroid dienone is 4. The SMILES string of the molecule is C/C=C\C1=C(C=N)OCCC1.CC. The topological polar surface area (TPSA) is 33.1 Å². The molecule has 0 aromatic heterocycles. The molecule has 0 atom stereocenters. The van der Waals surface area contributed by atoms with Crippen LogP contribution in [0.5, 0.6) is 0 Å². The molecule has 0 aromatic rings. The molecule has 1 N–H and O–H groups in total. The second-order valence-electron chi connectivity index (χ2n) is 2.49. The fraction of sp³-hybridized carbons (Fsp3) is 0.545. The lowest BCUT2D eigenvalue weighted by molar-refractivity contribution is 0.209. The summed E-state index contributed by atoms with van der Waals surface area (Å²) in [6, 6.07) is 0. The molecule has 0 fully saturated rings. The van der Waals surface area contributed by atoms with Crippen molar-refractivity contribution in [1.29, 1.82) is 5.41 Å². The Morgan fingerprint density at radius 3 is 2.62 bits per heavy atom. The van der Waals surface area contributed by atoms with Crippen LogP contribution in [0.2, 0.25) is 0 Å². The molecule has 0 radical (unpaired) electrons. The van der Waals surface area contributed by atoms with Crippen LogP contribution >= 0.6 is 0 Å². The number of rotatable bonds is 2. The Bertz CT molecular complexity index is 204. The van der Waals surface area contributed by atoms with Gasteiger partial charge in [-0.15, -0.1) is 0 Å². The van der Waals surface area contributed by atoms with Crippen LogP contribution < -0.4 is 0 Å². The summed E-state index contributed by atoms with van der Waals surface area (Å²) in [4.78, 5) is 0. The Morgan fingerprint density at radius 1 is 1.38 bits per heavy atom. The van der Waals surface area contributed by atoms with Crippen LogP contribution in [0.4, 0.5) is 0 Å². The van der Waals surface area contributed by atoms with Crippen molar-refractivity contribution in [1.82, 2.24) is 0 Å². The van der Waals surface area contributed by atoms with E-state index in [0.29, 0.717) is 0 Å². The predicted octanol–water partition coefficient (Wildman–Crippen LogP) is 3.30. The van der Waals surface area contributed by atoms with Gasteiger partial charge in [0.25, 0.3) is 0 Å². The van der Waals surface area contributed by atoms with Crippen LogP contribution in [0, 0.1) is 5.41 Å². The van der Waals surface area contributed by atoms with Crippen molar-refractivity contribution in [3.05, 3.63) is 23.5 Å². The second kappa shape index (κ2) is 7.59. The Kier molecular flexibility index (Phi) is 6.98. The quantitative estimate of drug-likeness (QED) is 0.651. The molecule has 1 aliphatic rings. The lowest BCUT2D eigenvalue weighted by Crippen LogP contribution is -2.06. The lowest BCUT2D eigenvalue weighted by Gasteiger charge is -2.15. The molecule has 2 nitrogen and oxygen atoms in total. The number of nitrogens with one attached hydrogen (secondary N) is 1. The molecule has 2 heteroatoms. The monoisotopic (exact) mass is 181 g/mol. The fourth-order valence-corrected chi connectivity index (χ4v) is 1.16. The van der Waals surface area contributed by atoms with E-state index in [2.05, 4.69) is 0 Å². The van der Waals surface area contributed by atoms with Gasteiger partial charge >= 0.3 is 0 Å². The number of hydrogen-bond acceptors (Lipinski definition) is 2. The van der Waals surface area contributed by atoms with E-state index in [1.165, 1.54) is 6.21 Å². The van der Waals surface area contributed by atoms with Crippen LogP contribution in [-0.2, 0) is 4.74 Å². The van der Waals surface area contributed by atoms with Gasteiger partial charge in [-0.2, -0.15) is 0 Å². The van der Waals surface area contributed by atoms with E-state index in [1.807, 2.05) is 32.9 Å².